The van der Waals surface area contributed by atoms with Crippen molar-refractivity contribution in [3.05, 3.63) is 66.0 Å². The first kappa shape index (κ1) is 18.6. The number of carbonyl (C=O) groups excluding carboxylic acids is 2. The summed E-state index contributed by atoms with van der Waals surface area (Å²) in [7, 11) is 0. The van der Waals surface area contributed by atoms with Crippen molar-refractivity contribution in [1.29, 1.82) is 0 Å². The number of fused-ring (bicyclic) bond motifs is 1. The van der Waals surface area contributed by atoms with Gasteiger partial charge in [0.15, 0.2) is 0 Å². The second-order valence-electron chi connectivity index (χ2n) is 6.94. The Hall–Kier alpha value is -3.15. The lowest BCUT2D eigenvalue weighted by Crippen LogP contribution is -2.39. The monoisotopic (exact) mass is 364 g/mol. The molecular weight excluding hydrogens is 340 g/mol. The number of aromatic amines is 1. The molecule has 2 aromatic carbocycles. The van der Waals surface area contributed by atoms with Crippen LogP contribution in [0, 0.1) is 5.92 Å². The van der Waals surface area contributed by atoms with Gasteiger partial charge in [-0.25, -0.2) is 4.98 Å². The normalized spacial score (nSPS) is 12.1. The standard InChI is InChI=1S/C21H24N4O2/c1-14(2)12-18(20-24-16-10-6-7-11-17(16)25-20)23-19(26)13-22-21(27)15-8-4-3-5-9-15/h3-11,14,18H,12-13H2,1-2H3,(H,22,27)(H,23,26)(H,24,25). The summed E-state index contributed by atoms with van der Waals surface area (Å²) in [4.78, 5) is 32.4. The van der Waals surface area contributed by atoms with E-state index < -0.39 is 0 Å². The highest BCUT2D eigenvalue weighted by molar-refractivity contribution is 5.96. The van der Waals surface area contributed by atoms with Crippen molar-refractivity contribution in [2.75, 3.05) is 6.54 Å². The summed E-state index contributed by atoms with van der Waals surface area (Å²) in [5, 5.41) is 5.64. The fourth-order valence-corrected chi connectivity index (χ4v) is 2.95. The number of nitrogens with one attached hydrogen (secondary N) is 3. The van der Waals surface area contributed by atoms with E-state index in [-0.39, 0.29) is 24.4 Å². The molecule has 6 heteroatoms. The van der Waals surface area contributed by atoms with Crippen LogP contribution in [0.1, 0.15) is 42.5 Å². The predicted octanol–water partition coefficient (Wildman–Crippen LogP) is 3.20. The van der Waals surface area contributed by atoms with Gasteiger partial charge in [0.2, 0.25) is 5.91 Å². The zero-order valence-corrected chi connectivity index (χ0v) is 15.5. The van der Waals surface area contributed by atoms with E-state index in [1.807, 2.05) is 30.3 Å². The maximum Gasteiger partial charge on any atom is 0.251 e. The summed E-state index contributed by atoms with van der Waals surface area (Å²) in [5.74, 6) is 0.593. The molecule has 1 heterocycles. The Kier molecular flexibility index (Phi) is 5.86. The molecule has 0 aliphatic heterocycles. The number of H-pyrrole nitrogens is 1. The van der Waals surface area contributed by atoms with Crippen LogP contribution in [-0.2, 0) is 4.79 Å². The number of carbonyl (C=O) groups is 2. The molecule has 1 aromatic heterocycles. The first-order chi connectivity index (χ1) is 13.0. The zero-order chi connectivity index (χ0) is 19.2. The number of amides is 2. The second-order valence-corrected chi connectivity index (χ2v) is 6.94. The van der Waals surface area contributed by atoms with Gasteiger partial charge in [-0.05, 0) is 36.6 Å². The minimum Gasteiger partial charge on any atom is -0.345 e. The number of hydrogen-bond donors (Lipinski definition) is 3. The van der Waals surface area contributed by atoms with Crippen molar-refractivity contribution in [2.24, 2.45) is 5.92 Å². The summed E-state index contributed by atoms with van der Waals surface area (Å²) < 4.78 is 0. The Labute approximate surface area is 158 Å². The third-order valence-corrected chi connectivity index (χ3v) is 4.23. The highest BCUT2D eigenvalue weighted by atomic mass is 16.2. The Morgan fingerprint density at radius 2 is 1.74 bits per heavy atom. The van der Waals surface area contributed by atoms with Crippen LogP contribution in [0.15, 0.2) is 54.6 Å². The molecule has 0 spiro atoms. The Morgan fingerprint density at radius 1 is 1.04 bits per heavy atom. The SMILES string of the molecule is CC(C)CC(NC(=O)CNC(=O)c1ccccc1)c1nc2ccccc2[nH]1. The van der Waals surface area contributed by atoms with E-state index in [1.165, 1.54) is 0 Å². The van der Waals surface area contributed by atoms with Crippen LogP contribution in [0.3, 0.4) is 0 Å². The van der Waals surface area contributed by atoms with Gasteiger partial charge in [-0.1, -0.05) is 44.2 Å². The van der Waals surface area contributed by atoms with E-state index in [4.69, 9.17) is 0 Å². The quantitative estimate of drug-likeness (QED) is 0.602. The van der Waals surface area contributed by atoms with Gasteiger partial charge in [0.25, 0.3) is 5.91 Å². The molecule has 0 radical (unpaired) electrons. The predicted molar refractivity (Wildman–Crippen MR) is 105 cm³/mol. The molecular formula is C21H24N4O2. The molecule has 0 fully saturated rings. The fraction of sp³-hybridized carbons (Fsp3) is 0.286. The number of rotatable bonds is 7. The molecule has 6 nitrogen and oxygen atoms in total. The molecule has 2 amide bonds. The Balaban J connectivity index is 1.65. The number of benzene rings is 2. The molecule has 1 unspecified atom stereocenters. The van der Waals surface area contributed by atoms with Gasteiger partial charge in [-0.2, -0.15) is 0 Å². The average molecular weight is 364 g/mol. The lowest BCUT2D eigenvalue weighted by Gasteiger charge is -2.19. The summed E-state index contributed by atoms with van der Waals surface area (Å²) in [6, 6.07) is 16.4. The first-order valence-electron chi connectivity index (χ1n) is 9.10. The second kappa shape index (κ2) is 8.49. The van der Waals surface area contributed by atoms with Crippen molar-refractivity contribution in [1.82, 2.24) is 20.6 Å². The van der Waals surface area contributed by atoms with Gasteiger partial charge in [-0.15, -0.1) is 0 Å². The molecule has 27 heavy (non-hydrogen) atoms. The largest absolute Gasteiger partial charge is 0.345 e. The number of imidazole rings is 1. The zero-order valence-electron chi connectivity index (χ0n) is 15.5. The molecule has 3 N–H and O–H groups in total. The van der Waals surface area contributed by atoms with Crippen LogP contribution >= 0.6 is 0 Å². The fourth-order valence-electron chi connectivity index (χ4n) is 2.95. The highest BCUT2D eigenvalue weighted by Crippen LogP contribution is 2.21. The lowest BCUT2D eigenvalue weighted by atomic mass is 10.0. The molecule has 140 valence electrons. The minimum atomic E-state index is -0.269. The summed E-state index contributed by atoms with van der Waals surface area (Å²) in [6.45, 7) is 4.11. The van der Waals surface area contributed by atoms with Crippen molar-refractivity contribution in [3.8, 4) is 0 Å². The van der Waals surface area contributed by atoms with Crippen molar-refractivity contribution < 1.29 is 9.59 Å². The smallest absolute Gasteiger partial charge is 0.251 e. The van der Waals surface area contributed by atoms with E-state index in [1.54, 1.807) is 24.3 Å². The molecule has 3 aromatic rings. The van der Waals surface area contributed by atoms with Crippen molar-refractivity contribution >= 4 is 22.8 Å². The van der Waals surface area contributed by atoms with E-state index in [9.17, 15) is 9.59 Å². The van der Waals surface area contributed by atoms with Gasteiger partial charge in [-0.3, -0.25) is 9.59 Å². The number of nitrogens with zero attached hydrogens (tertiary/aromatic N) is 1. The Morgan fingerprint density at radius 3 is 2.44 bits per heavy atom. The topological polar surface area (TPSA) is 86.9 Å². The van der Waals surface area contributed by atoms with Gasteiger partial charge >= 0.3 is 0 Å². The van der Waals surface area contributed by atoms with Crippen LogP contribution in [0.2, 0.25) is 0 Å². The van der Waals surface area contributed by atoms with E-state index in [0.29, 0.717) is 11.5 Å². The maximum atomic E-state index is 12.4. The third kappa shape index (κ3) is 4.94. The van der Waals surface area contributed by atoms with E-state index in [0.717, 1.165) is 23.3 Å². The van der Waals surface area contributed by atoms with Gasteiger partial charge in [0, 0.05) is 5.56 Å². The van der Waals surface area contributed by atoms with Crippen LogP contribution in [0.5, 0.6) is 0 Å². The maximum absolute atomic E-state index is 12.4. The number of hydrogen-bond acceptors (Lipinski definition) is 3. The average Bonchev–Trinajstić information content (AvgIpc) is 3.10. The molecule has 0 saturated heterocycles. The number of para-hydroxylation sites is 2. The van der Waals surface area contributed by atoms with E-state index in [2.05, 4.69) is 34.4 Å². The van der Waals surface area contributed by atoms with Crippen LogP contribution in [0.25, 0.3) is 11.0 Å². The lowest BCUT2D eigenvalue weighted by molar-refractivity contribution is -0.121. The molecule has 1 atom stereocenters. The van der Waals surface area contributed by atoms with Crippen LogP contribution in [-0.4, -0.2) is 28.3 Å². The molecule has 0 bridgehead atoms. The highest BCUT2D eigenvalue weighted by Gasteiger charge is 2.20. The molecule has 0 saturated carbocycles. The molecule has 0 aliphatic carbocycles. The van der Waals surface area contributed by atoms with Crippen LogP contribution in [0.4, 0.5) is 0 Å². The van der Waals surface area contributed by atoms with Crippen molar-refractivity contribution in [2.45, 2.75) is 26.3 Å². The first-order valence-corrected chi connectivity index (χ1v) is 9.10. The van der Waals surface area contributed by atoms with Gasteiger partial charge < -0.3 is 15.6 Å². The third-order valence-electron chi connectivity index (χ3n) is 4.23. The molecule has 0 aliphatic rings. The molecule has 3 rings (SSSR count). The van der Waals surface area contributed by atoms with Crippen LogP contribution < -0.4 is 10.6 Å². The van der Waals surface area contributed by atoms with Crippen molar-refractivity contribution in [3.63, 3.8) is 0 Å². The minimum absolute atomic E-state index is 0.0808. The van der Waals surface area contributed by atoms with E-state index >= 15 is 0 Å². The summed E-state index contributed by atoms with van der Waals surface area (Å²) >= 11 is 0. The summed E-state index contributed by atoms with van der Waals surface area (Å²) in [5.41, 5.74) is 2.34. The number of aromatic nitrogens is 2. The summed E-state index contributed by atoms with van der Waals surface area (Å²) in [6.07, 6.45) is 0.748. The van der Waals surface area contributed by atoms with Gasteiger partial charge in [0.05, 0.1) is 23.6 Å². The van der Waals surface area contributed by atoms with Gasteiger partial charge in [0.1, 0.15) is 5.82 Å². The Bertz CT molecular complexity index is 885.